The van der Waals surface area contributed by atoms with Gasteiger partial charge in [0.15, 0.2) is 0 Å². The highest BCUT2D eigenvalue weighted by Crippen LogP contribution is 2.26. The summed E-state index contributed by atoms with van der Waals surface area (Å²) in [4.78, 5) is 8.20. The van der Waals surface area contributed by atoms with Crippen LogP contribution in [0.5, 0.6) is 0 Å². The third-order valence-electron chi connectivity index (χ3n) is 2.74. The number of nitrogen functional groups attached to an aromatic ring is 1. The standard InChI is InChI=1S/C13H24N4O/c1-8(2)5-10(18)6-15-13-11(9(3)4)12(14)16-7-17-13/h7-10,18H,5-6H2,1-4H3,(H3,14,15,16,17). The maximum atomic E-state index is 9.84. The molecule has 4 N–H and O–H groups in total. The highest BCUT2D eigenvalue weighted by molar-refractivity contribution is 5.56. The molecule has 102 valence electrons. The Bertz CT molecular complexity index is 379. The Hall–Kier alpha value is -1.36. The summed E-state index contributed by atoms with van der Waals surface area (Å²) in [6, 6.07) is 0. The summed E-state index contributed by atoms with van der Waals surface area (Å²) in [7, 11) is 0. The summed E-state index contributed by atoms with van der Waals surface area (Å²) < 4.78 is 0. The molecule has 1 rings (SSSR count). The number of hydrogen-bond donors (Lipinski definition) is 3. The van der Waals surface area contributed by atoms with Gasteiger partial charge in [-0.3, -0.25) is 0 Å². The molecule has 0 bridgehead atoms. The lowest BCUT2D eigenvalue weighted by atomic mass is 10.0. The van der Waals surface area contributed by atoms with Gasteiger partial charge in [-0.2, -0.15) is 0 Å². The fraction of sp³-hybridized carbons (Fsp3) is 0.692. The second kappa shape index (κ2) is 6.54. The molecule has 0 fully saturated rings. The number of anilines is 2. The lowest BCUT2D eigenvalue weighted by Gasteiger charge is -2.18. The number of nitrogens with zero attached hydrogens (tertiary/aromatic N) is 2. The molecule has 0 spiro atoms. The van der Waals surface area contributed by atoms with E-state index in [1.165, 1.54) is 6.33 Å². The van der Waals surface area contributed by atoms with Gasteiger partial charge in [-0.25, -0.2) is 9.97 Å². The van der Waals surface area contributed by atoms with Crippen molar-refractivity contribution in [1.29, 1.82) is 0 Å². The first-order valence-electron chi connectivity index (χ1n) is 6.44. The van der Waals surface area contributed by atoms with Gasteiger partial charge in [0.25, 0.3) is 0 Å². The van der Waals surface area contributed by atoms with E-state index in [9.17, 15) is 5.11 Å². The van der Waals surface area contributed by atoms with E-state index < -0.39 is 0 Å². The van der Waals surface area contributed by atoms with Gasteiger partial charge >= 0.3 is 0 Å². The predicted molar refractivity (Wildman–Crippen MR) is 74.5 cm³/mol. The molecule has 0 radical (unpaired) electrons. The summed E-state index contributed by atoms with van der Waals surface area (Å²) in [5, 5.41) is 13.0. The van der Waals surface area contributed by atoms with Crippen LogP contribution in [0.25, 0.3) is 0 Å². The molecule has 18 heavy (non-hydrogen) atoms. The zero-order valence-electron chi connectivity index (χ0n) is 11.6. The van der Waals surface area contributed by atoms with Gasteiger partial charge in [0.2, 0.25) is 0 Å². The van der Waals surface area contributed by atoms with E-state index >= 15 is 0 Å². The summed E-state index contributed by atoms with van der Waals surface area (Å²) in [6.45, 7) is 8.75. The molecule has 5 nitrogen and oxygen atoms in total. The Morgan fingerprint density at radius 3 is 2.50 bits per heavy atom. The van der Waals surface area contributed by atoms with Crippen molar-refractivity contribution in [3.05, 3.63) is 11.9 Å². The normalized spacial score (nSPS) is 13.1. The van der Waals surface area contributed by atoms with Crippen molar-refractivity contribution in [1.82, 2.24) is 9.97 Å². The van der Waals surface area contributed by atoms with E-state index in [1.54, 1.807) is 0 Å². The van der Waals surface area contributed by atoms with Crippen LogP contribution in [0.2, 0.25) is 0 Å². The molecule has 0 amide bonds. The molecule has 1 heterocycles. The molecule has 0 aromatic carbocycles. The van der Waals surface area contributed by atoms with Gasteiger partial charge in [0.1, 0.15) is 18.0 Å². The van der Waals surface area contributed by atoms with Crippen molar-refractivity contribution >= 4 is 11.6 Å². The van der Waals surface area contributed by atoms with E-state index in [0.717, 1.165) is 17.8 Å². The van der Waals surface area contributed by atoms with Crippen LogP contribution in [0.15, 0.2) is 6.33 Å². The average molecular weight is 252 g/mol. The number of aliphatic hydroxyl groups is 1. The van der Waals surface area contributed by atoms with E-state index in [4.69, 9.17) is 5.73 Å². The van der Waals surface area contributed by atoms with Crippen molar-refractivity contribution in [3.63, 3.8) is 0 Å². The Morgan fingerprint density at radius 1 is 1.28 bits per heavy atom. The summed E-state index contributed by atoms with van der Waals surface area (Å²) in [5.41, 5.74) is 6.77. The number of nitrogens with two attached hydrogens (primary N) is 1. The van der Waals surface area contributed by atoms with E-state index in [-0.39, 0.29) is 12.0 Å². The Labute approximate surface area is 109 Å². The van der Waals surface area contributed by atoms with Crippen LogP contribution < -0.4 is 11.1 Å². The molecule has 0 aliphatic carbocycles. The van der Waals surface area contributed by atoms with Crippen LogP contribution in [0.4, 0.5) is 11.6 Å². The van der Waals surface area contributed by atoms with Crippen molar-refractivity contribution < 1.29 is 5.11 Å². The fourth-order valence-electron chi connectivity index (χ4n) is 1.96. The number of hydrogen-bond acceptors (Lipinski definition) is 5. The van der Waals surface area contributed by atoms with Crippen LogP contribution in [0.1, 0.15) is 45.6 Å². The average Bonchev–Trinajstić information content (AvgIpc) is 2.24. The second-order valence-electron chi connectivity index (χ2n) is 5.34. The quantitative estimate of drug-likeness (QED) is 0.721. The monoisotopic (exact) mass is 252 g/mol. The van der Waals surface area contributed by atoms with Gasteiger partial charge in [-0.05, 0) is 18.3 Å². The molecular weight excluding hydrogens is 228 g/mol. The van der Waals surface area contributed by atoms with E-state index in [2.05, 4.69) is 29.1 Å². The van der Waals surface area contributed by atoms with Gasteiger partial charge in [0.05, 0.1) is 6.10 Å². The van der Waals surface area contributed by atoms with Crippen LogP contribution in [-0.2, 0) is 0 Å². The van der Waals surface area contributed by atoms with Crippen LogP contribution in [-0.4, -0.2) is 27.7 Å². The van der Waals surface area contributed by atoms with Gasteiger partial charge in [-0.1, -0.05) is 27.7 Å². The molecule has 0 saturated heterocycles. The number of aliphatic hydroxyl groups excluding tert-OH is 1. The van der Waals surface area contributed by atoms with Gasteiger partial charge < -0.3 is 16.2 Å². The zero-order valence-corrected chi connectivity index (χ0v) is 11.6. The third kappa shape index (κ3) is 4.14. The highest BCUT2D eigenvalue weighted by atomic mass is 16.3. The molecule has 0 saturated carbocycles. The first kappa shape index (κ1) is 14.7. The Morgan fingerprint density at radius 2 is 1.94 bits per heavy atom. The smallest absolute Gasteiger partial charge is 0.135 e. The largest absolute Gasteiger partial charge is 0.391 e. The number of aromatic nitrogens is 2. The van der Waals surface area contributed by atoms with Crippen molar-refractivity contribution in [2.24, 2.45) is 5.92 Å². The van der Waals surface area contributed by atoms with Crippen LogP contribution in [0, 0.1) is 5.92 Å². The maximum Gasteiger partial charge on any atom is 0.135 e. The molecule has 1 atom stereocenters. The molecule has 5 heteroatoms. The first-order chi connectivity index (χ1) is 8.41. The predicted octanol–water partition coefficient (Wildman–Crippen LogP) is 2.00. The minimum Gasteiger partial charge on any atom is -0.391 e. The molecule has 1 aromatic heterocycles. The fourth-order valence-corrected chi connectivity index (χ4v) is 1.96. The lowest BCUT2D eigenvalue weighted by Crippen LogP contribution is -2.22. The van der Waals surface area contributed by atoms with Crippen molar-refractivity contribution in [2.75, 3.05) is 17.6 Å². The minimum absolute atomic E-state index is 0.246. The summed E-state index contributed by atoms with van der Waals surface area (Å²) in [6.07, 6.45) is 1.84. The minimum atomic E-state index is -0.374. The van der Waals surface area contributed by atoms with Gasteiger partial charge in [0, 0.05) is 12.1 Å². The van der Waals surface area contributed by atoms with Gasteiger partial charge in [-0.15, -0.1) is 0 Å². The topological polar surface area (TPSA) is 84.1 Å². The third-order valence-corrected chi connectivity index (χ3v) is 2.74. The summed E-state index contributed by atoms with van der Waals surface area (Å²) in [5.74, 6) is 1.94. The van der Waals surface area contributed by atoms with E-state index in [0.29, 0.717) is 18.3 Å². The second-order valence-corrected chi connectivity index (χ2v) is 5.34. The molecule has 1 unspecified atom stereocenters. The Kier molecular flexibility index (Phi) is 5.34. The lowest BCUT2D eigenvalue weighted by molar-refractivity contribution is 0.161. The van der Waals surface area contributed by atoms with Crippen LogP contribution in [0.3, 0.4) is 0 Å². The summed E-state index contributed by atoms with van der Waals surface area (Å²) >= 11 is 0. The SMILES string of the molecule is CC(C)CC(O)CNc1ncnc(N)c1C(C)C. The van der Waals surface area contributed by atoms with Crippen molar-refractivity contribution in [2.45, 2.75) is 46.1 Å². The van der Waals surface area contributed by atoms with Crippen molar-refractivity contribution in [3.8, 4) is 0 Å². The maximum absolute atomic E-state index is 9.84. The zero-order chi connectivity index (χ0) is 13.7. The molecule has 1 aromatic rings. The number of rotatable bonds is 6. The molecule has 0 aliphatic rings. The first-order valence-corrected chi connectivity index (χ1v) is 6.44. The van der Waals surface area contributed by atoms with Crippen LogP contribution >= 0.6 is 0 Å². The highest BCUT2D eigenvalue weighted by Gasteiger charge is 2.14. The molecule has 0 aliphatic heterocycles. The Balaban J connectivity index is 2.70. The molecular formula is C13H24N4O. The number of nitrogens with one attached hydrogen (secondary N) is 1. The van der Waals surface area contributed by atoms with E-state index in [1.807, 2.05) is 13.8 Å².